The van der Waals surface area contributed by atoms with Crippen molar-refractivity contribution in [3.05, 3.63) is 23.8 Å². The zero-order valence-electron chi connectivity index (χ0n) is 12.2. The van der Waals surface area contributed by atoms with Crippen LogP contribution in [0.15, 0.2) is 18.2 Å². The monoisotopic (exact) mass is 280 g/mol. The summed E-state index contributed by atoms with van der Waals surface area (Å²) < 4.78 is 11.0. The minimum atomic E-state index is -0.504. The maximum atomic E-state index is 10.9. The zero-order valence-corrected chi connectivity index (χ0v) is 12.2. The van der Waals surface area contributed by atoms with E-state index in [1.54, 1.807) is 6.07 Å². The topological polar surface area (TPSA) is 87.6 Å². The third-order valence-electron chi connectivity index (χ3n) is 2.89. The van der Waals surface area contributed by atoms with E-state index in [-0.39, 0.29) is 12.6 Å². The number of ether oxygens (including phenoxy) is 2. The highest BCUT2D eigenvalue weighted by molar-refractivity contribution is 5.75. The Hall–Kier alpha value is -1.75. The van der Waals surface area contributed by atoms with Gasteiger partial charge in [0.05, 0.1) is 6.61 Å². The second-order valence-electron chi connectivity index (χ2n) is 4.75. The third kappa shape index (κ3) is 5.48. The van der Waals surface area contributed by atoms with Crippen LogP contribution in [-0.2, 0) is 11.2 Å². The van der Waals surface area contributed by atoms with Crippen LogP contribution >= 0.6 is 0 Å². The van der Waals surface area contributed by atoms with Gasteiger partial charge in [-0.2, -0.15) is 0 Å². The van der Waals surface area contributed by atoms with Crippen molar-refractivity contribution in [3.63, 3.8) is 0 Å². The highest BCUT2D eigenvalue weighted by Crippen LogP contribution is 2.26. The van der Waals surface area contributed by atoms with Gasteiger partial charge >= 0.3 is 0 Å². The molecular weight excluding hydrogens is 256 g/mol. The Balaban J connectivity index is 2.87. The van der Waals surface area contributed by atoms with E-state index in [9.17, 15) is 4.79 Å². The Morgan fingerprint density at radius 1 is 1.30 bits per heavy atom. The number of nitrogens with two attached hydrogens (primary N) is 2. The van der Waals surface area contributed by atoms with Crippen molar-refractivity contribution < 1.29 is 14.3 Å². The fourth-order valence-corrected chi connectivity index (χ4v) is 1.72. The smallest absolute Gasteiger partial charge is 0.255 e. The second kappa shape index (κ2) is 8.43. The van der Waals surface area contributed by atoms with E-state index in [1.165, 1.54) is 0 Å². The molecule has 112 valence electrons. The Morgan fingerprint density at radius 3 is 2.65 bits per heavy atom. The largest absolute Gasteiger partial charge is 0.493 e. The fraction of sp³-hybridized carbons (Fsp3) is 0.533. The van der Waals surface area contributed by atoms with Gasteiger partial charge in [0.2, 0.25) is 0 Å². The lowest BCUT2D eigenvalue weighted by molar-refractivity contribution is -0.119. The summed E-state index contributed by atoms with van der Waals surface area (Å²) in [6.07, 6.45) is 2.50. The van der Waals surface area contributed by atoms with Crippen LogP contribution in [0.4, 0.5) is 0 Å². The number of carbonyl (C=O) groups excluding carboxylic acids is 1. The molecule has 1 amide bonds. The third-order valence-corrected chi connectivity index (χ3v) is 2.89. The number of hydrogen-bond acceptors (Lipinski definition) is 4. The summed E-state index contributed by atoms with van der Waals surface area (Å²) in [5.74, 6) is 0.831. The summed E-state index contributed by atoms with van der Waals surface area (Å²) in [6, 6.07) is 5.67. The molecular formula is C15H24N2O3. The van der Waals surface area contributed by atoms with Crippen molar-refractivity contribution in [2.75, 3.05) is 13.2 Å². The van der Waals surface area contributed by atoms with E-state index in [1.807, 2.05) is 26.0 Å². The van der Waals surface area contributed by atoms with Crippen molar-refractivity contribution in [1.29, 1.82) is 0 Å². The molecule has 0 aliphatic carbocycles. The minimum absolute atomic E-state index is 0.0633. The van der Waals surface area contributed by atoms with Crippen molar-refractivity contribution in [3.8, 4) is 11.5 Å². The van der Waals surface area contributed by atoms with Gasteiger partial charge in [-0.3, -0.25) is 4.79 Å². The van der Waals surface area contributed by atoms with Gasteiger partial charge in [-0.1, -0.05) is 19.9 Å². The van der Waals surface area contributed by atoms with E-state index in [4.69, 9.17) is 20.9 Å². The lowest BCUT2D eigenvalue weighted by atomic mass is 10.0. The van der Waals surface area contributed by atoms with Crippen LogP contribution in [0.2, 0.25) is 0 Å². The molecule has 0 spiro atoms. The molecule has 0 bridgehead atoms. The normalized spacial score (nSPS) is 11.9. The SMILES string of the molecule is CCCOc1ccc(CC(N)CC)c(OCC(N)=O)c1. The first-order chi connectivity index (χ1) is 9.56. The molecule has 0 heterocycles. The molecule has 0 aromatic heterocycles. The standard InChI is InChI=1S/C15H24N2O3/c1-3-7-19-13-6-5-11(8-12(16)4-2)14(9-13)20-10-15(17)18/h5-6,9,12H,3-4,7-8,10,16H2,1-2H3,(H2,17,18). The van der Waals surface area contributed by atoms with Crippen LogP contribution in [-0.4, -0.2) is 25.2 Å². The van der Waals surface area contributed by atoms with E-state index in [0.717, 1.165) is 24.2 Å². The predicted octanol–water partition coefficient (Wildman–Crippen LogP) is 1.62. The van der Waals surface area contributed by atoms with E-state index < -0.39 is 5.91 Å². The Kier molecular flexibility index (Phi) is 6.87. The molecule has 1 rings (SSSR count). The first kappa shape index (κ1) is 16.3. The highest BCUT2D eigenvalue weighted by Gasteiger charge is 2.10. The van der Waals surface area contributed by atoms with Crippen LogP contribution in [0.1, 0.15) is 32.3 Å². The number of benzene rings is 1. The number of amides is 1. The van der Waals surface area contributed by atoms with Crippen LogP contribution in [0.25, 0.3) is 0 Å². The first-order valence-corrected chi connectivity index (χ1v) is 6.99. The van der Waals surface area contributed by atoms with Gasteiger partial charge < -0.3 is 20.9 Å². The second-order valence-corrected chi connectivity index (χ2v) is 4.75. The van der Waals surface area contributed by atoms with Crippen LogP contribution < -0.4 is 20.9 Å². The number of hydrogen-bond donors (Lipinski definition) is 2. The quantitative estimate of drug-likeness (QED) is 0.719. The van der Waals surface area contributed by atoms with Crippen molar-refractivity contribution in [2.24, 2.45) is 11.5 Å². The van der Waals surface area contributed by atoms with Crippen LogP contribution in [0.5, 0.6) is 11.5 Å². The van der Waals surface area contributed by atoms with Gasteiger partial charge in [-0.15, -0.1) is 0 Å². The van der Waals surface area contributed by atoms with Crippen LogP contribution in [0.3, 0.4) is 0 Å². The molecule has 1 aromatic carbocycles. The van der Waals surface area contributed by atoms with Crippen molar-refractivity contribution in [2.45, 2.75) is 39.2 Å². The number of primary amides is 1. The Bertz CT molecular complexity index is 435. The van der Waals surface area contributed by atoms with E-state index in [2.05, 4.69) is 0 Å². The van der Waals surface area contributed by atoms with Crippen molar-refractivity contribution >= 4 is 5.91 Å². The van der Waals surface area contributed by atoms with Gasteiger partial charge in [-0.25, -0.2) is 0 Å². The zero-order chi connectivity index (χ0) is 15.0. The molecule has 0 fully saturated rings. The minimum Gasteiger partial charge on any atom is -0.493 e. The average molecular weight is 280 g/mol. The predicted molar refractivity (Wildman–Crippen MR) is 78.9 cm³/mol. The molecule has 1 atom stereocenters. The maximum absolute atomic E-state index is 10.9. The first-order valence-electron chi connectivity index (χ1n) is 6.99. The van der Waals surface area contributed by atoms with Gasteiger partial charge in [0.15, 0.2) is 6.61 Å². The molecule has 0 radical (unpaired) electrons. The molecule has 1 unspecified atom stereocenters. The maximum Gasteiger partial charge on any atom is 0.255 e. The van der Waals surface area contributed by atoms with Gasteiger partial charge in [0, 0.05) is 12.1 Å². The fourth-order valence-electron chi connectivity index (χ4n) is 1.72. The summed E-state index contributed by atoms with van der Waals surface area (Å²) in [6.45, 7) is 4.57. The molecule has 0 saturated carbocycles. The van der Waals surface area contributed by atoms with E-state index >= 15 is 0 Å². The molecule has 20 heavy (non-hydrogen) atoms. The van der Waals surface area contributed by atoms with Crippen molar-refractivity contribution in [1.82, 2.24) is 0 Å². The summed E-state index contributed by atoms with van der Waals surface area (Å²) in [7, 11) is 0. The lowest BCUT2D eigenvalue weighted by Crippen LogP contribution is -2.23. The summed E-state index contributed by atoms with van der Waals surface area (Å²) in [4.78, 5) is 10.9. The summed E-state index contributed by atoms with van der Waals surface area (Å²) >= 11 is 0. The number of rotatable bonds is 9. The molecule has 0 aliphatic heterocycles. The van der Waals surface area contributed by atoms with Gasteiger partial charge in [0.1, 0.15) is 11.5 Å². The summed E-state index contributed by atoms with van der Waals surface area (Å²) in [5.41, 5.74) is 12.0. The van der Waals surface area contributed by atoms with Gasteiger partial charge in [0.25, 0.3) is 5.91 Å². The van der Waals surface area contributed by atoms with Gasteiger partial charge in [-0.05, 0) is 30.9 Å². The molecule has 0 saturated heterocycles. The molecule has 5 nitrogen and oxygen atoms in total. The van der Waals surface area contributed by atoms with E-state index in [0.29, 0.717) is 18.8 Å². The Labute approximate surface area is 120 Å². The lowest BCUT2D eigenvalue weighted by Gasteiger charge is -2.15. The highest BCUT2D eigenvalue weighted by atomic mass is 16.5. The number of carbonyl (C=O) groups is 1. The Morgan fingerprint density at radius 2 is 2.05 bits per heavy atom. The molecule has 5 heteroatoms. The van der Waals surface area contributed by atoms with Crippen LogP contribution in [0, 0.1) is 0 Å². The average Bonchev–Trinajstić information content (AvgIpc) is 2.44. The summed E-state index contributed by atoms with van der Waals surface area (Å²) in [5, 5.41) is 0. The molecule has 1 aromatic rings. The molecule has 4 N–H and O–H groups in total. The molecule has 0 aliphatic rings.